The van der Waals surface area contributed by atoms with E-state index in [4.69, 9.17) is 9.47 Å². The summed E-state index contributed by atoms with van der Waals surface area (Å²) in [5, 5.41) is 0. The van der Waals surface area contributed by atoms with E-state index in [1.807, 2.05) is 0 Å². The molecule has 0 amide bonds. The fourth-order valence-electron chi connectivity index (χ4n) is 7.58. The van der Waals surface area contributed by atoms with E-state index in [2.05, 4.69) is 35.6 Å². The predicted octanol–water partition coefficient (Wildman–Crippen LogP) is 4.82. The molecule has 3 atom stereocenters. The number of benzene rings is 1. The summed E-state index contributed by atoms with van der Waals surface area (Å²) in [6, 6.07) is 4.34. The van der Waals surface area contributed by atoms with Crippen molar-refractivity contribution in [1.29, 1.82) is 0 Å². The summed E-state index contributed by atoms with van der Waals surface area (Å²) in [5.41, 5.74) is 2.52. The van der Waals surface area contributed by atoms with Crippen LogP contribution in [0.5, 0.6) is 11.5 Å². The number of unbranched alkanes of at least 4 members (excludes halogenated alkanes) is 6. The maximum Gasteiger partial charge on any atom is 0.279 e. The van der Waals surface area contributed by atoms with Gasteiger partial charge in [0.2, 0.25) is 16.8 Å². The Morgan fingerprint density at radius 3 is 2.32 bits per heavy atom. The largest absolute Gasteiger partial charge is 0.454 e. The summed E-state index contributed by atoms with van der Waals surface area (Å²) in [6.45, 7) is 8.11. The molecule has 4 aliphatic heterocycles. The summed E-state index contributed by atoms with van der Waals surface area (Å²) in [6.07, 6.45) is 12.0. The smallest absolute Gasteiger partial charge is 0.279 e. The zero-order valence-corrected chi connectivity index (χ0v) is 28.5. The number of piperidine rings is 2. The van der Waals surface area contributed by atoms with E-state index in [0.717, 1.165) is 102 Å². The number of rotatable bonds is 17. The van der Waals surface area contributed by atoms with Crippen LogP contribution in [0.4, 0.5) is 0 Å². The van der Waals surface area contributed by atoms with E-state index in [-0.39, 0.29) is 37.6 Å². The zero-order valence-electron chi connectivity index (χ0n) is 26.8. The molecule has 1 aromatic rings. The van der Waals surface area contributed by atoms with Crippen molar-refractivity contribution < 1.29 is 26.3 Å². The van der Waals surface area contributed by atoms with Crippen LogP contribution in [-0.2, 0) is 26.7 Å². The highest BCUT2D eigenvalue weighted by atomic mass is 32.2. The molecule has 250 valence electrons. The number of nitrogens with one attached hydrogen (secondary N) is 1. The number of hydrogen-bond donors (Lipinski definition) is 1. The molecule has 0 saturated carbocycles. The van der Waals surface area contributed by atoms with E-state index in [1.54, 1.807) is 8.61 Å². The molecule has 10 nitrogen and oxygen atoms in total. The Balaban J connectivity index is 1.18. The fourth-order valence-corrected chi connectivity index (χ4v) is 10.7. The lowest BCUT2D eigenvalue weighted by Crippen LogP contribution is -2.57. The second-order valence-corrected chi connectivity index (χ2v) is 16.9. The number of hydrogen-bond acceptors (Lipinski definition) is 7. The van der Waals surface area contributed by atoms with Crippen molar-refractivity contribution in [3.05, 3.63) is 23.3 Å². The van der Waals surface area contributed by atoms with Gasteiger partial charge in [-0.3, -0.25) is 4.90 Å². The third kappa shape index (κ3) is 8.09. The monoisotopic (exact) mass is 654 g/mol. The van der Waals surface area contributed by atoms with E-state index in [9.17, 15) is 16.8 Å². The summed E-state index contributed by atoms with van der Waals surface area (Å²) in [4.78, 5) is 2.53. The average Bonchev–Trinajstić information content (AvgIpc) is 3.47. The fraction of sp³-hybridized carbons (Fsp3) is 0.812. The standard InChI is InChI=1S/C32H54N4O6S2/c1-3-5-7-9-16-35(17-10-8-6-4-2)44(39,40)33-15-12-20-43(37,38)36-18-11-13-27-24-34-19-14-26-21-31-32(42-25-41-31)22-28(26)30(34)23-29(27)36/h21-22,27,29-30,33H,3-20,23-25H2,1-2H3/t27-,29+,30-/m0/s1. The Hall–Kier alpha value is -1.44. The second kappa shape index (κ2) is 15.4. The van der Waals surface area contributed by atoms with Gasteiger partial charge in [-0.1, -0.05) is 52.4 Å². The number of ether oxygens (including phenoxy) is 2. The van der Waals surface area contributed by atoms with E-state index in [0.29, 0.717) is 25.6 Å². The Morgan fingerprint density at radius 1 is 0.909 bits per heavy atom. The average molecular weight is 655 g/mol. The van der Waals surface area contributed by atoms with Crippen molar-refractivity contribution in [3.8, 4) is 11.5 Å². The summed E-state index contributed by atoms with van der Waals surface area (Å²) in [7, 11) is -7.19. The van der Waals surface area contributed by atoms with Gasteiger partial charge in [-0.15, -0.1) is 0 Å². The first-order valence-electron chi connectivity index (χ1n) is 17.1. The molecule has 0 radical (unpaired) electrons. The Labute approximate surface area is 266 Å². The predicted molar refractivity (Wildman–Crippen MR) is 174 cm³/mol. The molecule has 0 aliphatic carbocycles. The van der Waals surface area contributed by atoms with Gasteiger partial charge in [0, 0.05) is 51.4 Å². The molecule has 1 N–H and O–H groups in total. The van der Waals surface area contributed by atoms with Crippen LogP contribution in [0, 0.1) is 5.92 Å². The molecule has 0 bridgehead atoms. The van der Waals surface area contributed by atoms with Gasteiger partial charge in [0.05, 0.1) is 5.75 Å². The highest BCUT2D eigenvalue weighted by Crippen LogP contribution is 2.46. The van der Waals surface area contributed by atoms with Crippen molar-refractivity contribution >= 4 is 20.2 Å². The first-order chi connectivity index (χ1) is 21.2. The van der Waals surface area contributed by atoms with Crippen LogP contribution in [-0.4, -0.2) is 88.2 Å². The van der Waals surface area contributed by atoms with Crippen molar-refractivity contribution in [1.82, 2.24) is 18.2 Å². The molecule has 4 heterocycles. The van der Waals surface area contributed by atoms with E-state index in [1.165, 1.54) is 11.1 Å². The molecule has 5 rings (SSSR count). The quantitative estimate of drug-likeness (QED) is 0.240. The van der Waals surface area contributed by atoms with Gasteiger partial charge in [-0.2, -0.15) is 17.0 Å². The Kier molecular flexibility index (Phi) is 11.9. The maximum absolute atomic E-state index is 13.8. The molecular formula is C32H54N4O6S2. The SMILES string of the molecule is CCCCCCN(CCCCCC)S(=O)(=O)NCCCS(=O)(=O)N1CCC[C@H]2CN3CCc4cc5c(cc4[C@@H]3C[C@H]21)OCO5. The van der Waals surface area contributed by atoms with Gasteiger partial charge in [0.25, 0.3) is 10.2 Å². The van der Waals surface area contributed by atoms with E-state index < -0.39 is 20.2 Å². The van der Waals surface area contributed by atoms with Gasteiger partial charge >= 0.3 is 0 Å². The van der Waals surface area contributed by atoms with Crippen LogP contribution in [0.3, 0.4) is 0 Å². The minimum Gasteiger partial charge on any atom is -0.454 e. The number of nitrogens with zero attached hydrogens (tertiary/aromatic N) is 3. The first-order valence-corrected chi connectivity index (χ1v) is 20.2. The second-order valence-electron chi connectivity index (χ2n) is 13.1. The van der Waals surface area contributed by atoms with Crippen molar-refractivity contribution in [3.63, 3.8) is 0 Å². The van der Waals surface area contributed by atoms with Crippen LogP contribution < -0.4 is 14.2 Å². The Bertz CT molecular complexity index is 1300. The normalized spacial score (nSPS) is 23.8. The molecule has 1 aromatic carbocycles. The molecule has 44 heavy (non-hydrogen) atoms. The number of sulfonamides is 1. The molecule has 4 aliphatic rings. The van der Waals surface area contributed by atoms with Crippen molar-refractivity contribution in [2.24, 2.45) is 5.92 Å². The lowest BCUT2D eigenvalue weighted by Gasteiger charge is -2.51. The summed E-state index contributed by atoms with van der Waals surface area (Å²) < 4.78 is 71.3. The zero-order chi connectivity index (χ0) is 31.2. The minimum atomic E-state index is -3.65. The van der Waals surface area contributed by atoms with Crippen molar-refractivity contribution in [2.45, 2.75) is 109 Å². The Morgan fingerprint density at radius 2 is 1.61 bits per heavy atom. The van der Waals surface area contributed by atoms with Crippen LogP contribution in [0.2, 0.25) is 0 Å². The summed E-state index contributed by atoms with van der Waals surface area (Å²) in [5.74, 6) is 1.86. The summed E-state index contributed by atoms with van der Waals surface area (Å²) >= 11 is 0. The van der Waals surface area contributed by atoms with Gasteiger partial charge in [-0.25, -0.2) is 13.1 Å². The molecule has 0 unspecified atom stereocenters. The minimum absolute atomic E-state index is 0.0372. The van der Waals surface area contributed by atoms with Crippen molar-refractivity contribution in [2.75, 3.05) is 51.8 Å². The van der Waals surface area contributed by atoms with Crippen LogP contribution in [0.25, 0.3) is 0 Å². The lowest BCUT2D eigenvalue weighted by atomic mass is 9.77. The number of fused-ring (bicyclic) bond motifs is 5. The molecule has 0 spiro atoms. The third-order valence-electron chi connectivity index (χ3n) is 9.99. The van der Waals surface area contributed by atoms with Gasteiger partial charge in [-0.05, 0) is 74.1 Å². The topological polar surface area (TPSA) is 108 Å². The maximum atomic E-state index is 13.8. The molecule has 12 heteroatoms. The first kappa shape index (κ1) is 33.9. The molecular weight excluding hydrogens is 601 g/mol. The molecule has 2 saturated heterocycles. The highest BCUT2D eigenvalue weighted by Gasteiger charge is 2.46. The van der Waals surface area contributed by atoms with E-state index >= 15 is 0 Å². The van der Waals surface area contributed by atoms with Gasteiger partial charge in [0.1, 0.15) is 0 Å². The molecule has 0 aromatic heterocycles. The highest BCUT2D eigenvalue weighted by molar-refractivity contribution is 7.89. The van der Waals surface area contributed by atoms with Crippen LogP contribution in [0.15, 0.2) is 12.1 Å². The van der Waals surface area contributed by atoms with Gasteiger partial charge < -0.3 is 9.47 Å². The third-order valence-corrected chi connectivity index (χ3v) is 13.6. The van der Waals surface area contributed by atoms with Gasteiger partial charge in [0.15, 0.2) is 11.5 Å². The van der Waals surface area contributed by atoms with Crippen LogP contribution >= 0.6 is 0 Å². The van der Waals surface area contributed by atoms with Crippen LogP contribution in [0.1, 0.15) is 108 Å². The lowest BCUT2D eigenvalue weighted by molar-refractivity contribution is 0.0219. The molecule has 2 fully saturated rings.